The fourth-order valence-electron chi connectivity index (χ4n) is 2.73. The van der Waals surface area contributed by atoms with Crippen LogP contribution in [0.25, 0.3) is 10.8 Å². The van der Waals surface area contributed by atoms with Crippen LogP contribution in [0.4, 0.5) is 0 Å². The predicted molar refractivity (Wildman–Crippen MR) is 89.2 cm³/mol. The van der Waals surface area contributed by atoms with E-state index in [1.807, 2.05) is 18.2 Å². The van der Waals surface area contributed by atoms with Crippen LogP contribution in [0.1, 0.15) is 44.2 Å². The van der Waals surface area contributed by atoms with Crippen molar-refractivity contribution in [3.05, 3.63) is 29.3 Å². The number of aromatic hydroxyl groups is 2. The molecule has 0 aromatic heterocycles. The maximum absolute atomic E-state index is 10.7. The van der Waals surface area contributed by atoms with Crippen LogP contribution in [0.2, 0.25) is 0 Å². The van der Waals surface area contributed by atoms with E-state index in [9.17, 15) is 10.2 Å². The summed E-state index contributed by atoms with van der Waals surface area (Å²) in [5.41, 5.74) is 1.98. The number of fused-ring (bicyclic) bond motifs is 1. The Bertz CT molecular complexity index is 620. The van der Waals surface area contributed by atoms with E-state index in [1.165, 1.54) is 0 Å². The molecule has 2 N–H and O–H groups in total. The number of hydrogen-bond donors (Lipinski definition) is 2. The highest BCUT2D eigenvalue weighted by atomic mass is 31.0. The van der Waals surface area contributed by atoms with Gasteiger partial charge in [0.2, 0.25) is 0 Å². The summed E-state index contributed by atoms with van der Waals surface area (Å²) in [7, 11) is 2.58. The van der Waals surface area contributed by atoms with E-state index in [0.29, 0.717) is 5.75 Å². The molecule has 0 saturated carbocycles. The first-order valence-electron chi connectivity index (χ1n) is 7.35. The first-order chi connectivity index (χ1) is 9.61. The van der Waals surface area contributed by atoms with Gasteiger partial charge in [0.1, 0.15) is 11.5 Å². The Kier molecular flexibility index (Phi) is 4.88. The smallest absolute Gasteiger partial charge is 0.131 e. The molecule has 0 bridgehead atoms. The molecule has 2 aromatic carbocycles. The van der Waals surface area contributed by atoms with E-state index in [-0.39, 0.29) is 5.75 Å². The molecule has 0 fully saturated rings. The van der Waals surface area contributed by atoms with Crippen LogP contribution in [-0.4, -0.2) is 10.2 Å². The van der Waals surface area contributed by atoms with Gasteiger partial charge >= 0.3 is 0 Å². The van der Waals surface area contributed by atoms with Gasteiger partial charge in [0.25, 0.3) is 0 Å². The third-order valence-corrected chi connectivity index (χ3v) is 4.43. The third-order valence-electron chi connectivity index (χ3n) is 3.81. The molecule has 108 valence electrons. The van der Waals surface area contributed by atoms with Gasteiger partial charge in [0.05, 0.1) is 0 Å². The Morgan fingerprint density at radius 3 is 2.40 bits per heavy atom. The van der Waals surface area contributed by atoms with Gasteiger partial charge in [-0.05, 0) is 24.8 Å². The molecule has 20 heavy (non-hydrogen) atoms. The van der Waals surface area contributed by atoms with Crippen LogP contribution in [0.3, 0.4) is 0 Å². The summed E-state index contributed by atoms with van der Waals surface area (Å²) in [6.07, 6.45) is 4.81. The molecule has 0 heterocycles. The summed E-state index contributed by atoms with van der Waals surface area (Å²) in [6, 6.07) is 5.86. The molecule has 0 saturated heterocycles. The van der Waals surface area contributed by atoms with Gasteiger partial charge in [-0.3, -0.25) is 0 Å². The van der Waals surface area contributed by atoms with E-state index >= 15 is 0 Å². The van der Waals surface area contributed by atoms with Crippen molar-refractivity contribution in [3.8, 4) is 11.5 Å². The van der Waals surface area contributed by atoms with E-state index in [4.69, 9.17) is 0 Å². The molecule has 0 amide bonds. The van der Waals surface area contributed by atoms with Crippen LogP contribution < -0.4 is 5.30 Å². The maximum Gasteiger partial charge on any atom is 0.131 e. The second-order valence-corrected chi connectivity index (χ2v) is 5.86. The normalized spacial score (nSPS) is 11.2. The molecule has 0 aliphatic heterocycles. The van der Waals surface area contributed by atoms with Crippen molar-refractivity contribution in [1.82, 2.24) is 0 Å². The molecule has 2 rings (SSSR count). The van der Waals surface area contributed by atoms with Crippen molar-refractivity contribution in [2.75, 3.05) is 0 Å². The van der Waals surface area contributed by atoms with Crippen molar-refractivity contribution in [2.45, 2.75) is 46.0 Å². The molecule has 0 aliphatic rings. The van der Waals surface area contributed by atoms with Gasteiger partial charge in [-0.25, -0.2) is 0 Å². The van der Waals surface area contributed by atoms with Gasteiger partial charge in [-0.2, -0.15) is 0 Å². The van der Waals surface area contributed by atoms with Crippen molar-refractivity contribution in [1.29, 1.82) is 0 Å². The fraction of sp³-hybridized carbons (Fsp3) is 0.412. The highest BCUT2D eigenvalue weighted by Crippen LogP contribution is 2.38. The molecule has 0 spiro atoms. The minimum absolute atomic E-state index is 0.284. The lowest BCUT2D eigenvalue weighted by Gasteiger charge is -2.16. The second-order valence-electron chi connectivity index (χ2n) is 5.28. The number of hydrogen-bond acceptors (Lipinski definition) is 2. The monoisotopic (exact) mass is 290 g/mol. The number of phenolic OH excluding ortho intramolecular Hbond substituents is 2. The van der Waals surface area contributed by atoms with Gasteiger partial charge < -0.3 is 10.2 Å². The largest absolute Gasteiger partial charge is 0.507 e. The average Bonchev–Trinajstić information content (AvgIpc) is 2.45. The van der Waals surface area contributed by atoms with Crippen LogP contribution in [0.5, 0.6) is 11.5 Å². The first kappa shape index (κ1) is 15.1. The van der Waals surface area contributed by atoms with Gasteiger partial charge in [-0.15, -0.1) is 9.24 Å². The lowest BCUT2D eigenvalue weighted by atomic mass is 9.95. The Hall–Kier alpha value is -1.27. The lowest BCUT2D eigenvalue weighted by molar-refractivity contribution is 0.465. The summed E-state index contributed by atoms with van der Waals surface area (Å²) < 4.78 is 0. The van der Waals surface area contributed by atoms with Crippen molar-refractivity contribution >= 4 is 25.3 Å². The number of aryl methyl sites for hydroxylation is 1. The van der Waals surface area contributed by atoms with Crippen LogP contribution in [0, 0.1) is 0 Å². The number of benzene rings is 2. The second kappa shape index (κ2) is 6.45. The van der Waals surface area contributed by atoms with E-state index < -0.39 is 0 Å². The molecule has 2 nitrogen and oxygen atoms in total. The van der Waals surface area contributed by atoms with Crippen molar-refractivity contribution in [3.63, 3.8) is 0 Å². The maximum atomic E-state index is 10.7. The molecule has 0 radical (unpaired) electrons. The number of unbranched alkanes of at least 4 members (excludes halogenated alkanes) is 1. The molecule has 0 aliphatic carbocycles. The Labute approximate surface area is 123 Å². The van der Waals surface area contributed by atoms with E-state index in [0.717, 1.165) is 59.3 Å². The zero-order chi connectivity index (χ0) is 14.7. The number of phenols is 2. The molecular weight excluding hydrogens is 267 g/mol. The zero-order valence-corrected chi connectivity index (χ0v) is 13.4. The molecular formula is C17H23O2P. The standard InChI is InChI=1S/C17H23O2P/c1-3-5-9-13-15(18)14-11(7-4-2)8-6-10-12(14)16(19)17(13)20/h6,8,10,18-19H,3-5,7,9,20H2,1-2H3. The quantitative estimate of drug-likeness (QED) is 0.644. The SMILES string of the molecule is CCCCc1c(P)c(O)c2cccc(CCC)c2c1O. The summed E-state index contributed by atoms with van der Waals surface area (Å²) in [5, 5.41) is 23.4. The first-order valence-corrected chi connectivity index (χ1v) is 7.93. The van der Waals surface area contributed by atoms with Crippen LogP contribution >= 0.6 is 9.24 Å². The third kappa shape index (κ3) is 2.62. The van der Waals surface area contributed by atoms with Gasteiger partial charge in [0.15, 0.2) is 0 Å². The van der Waals surface area contributed by atoms with Gasteiger partial charge in [-0.1, -0.05) is 44.9 Å². The van der Waals surface area contributed by atoms with Crippen LogP contribution in [-0.2, 0) is 12.8 Å². The van der Waals surface area contributed by atoms with E-state index in [2.05, 4.69) is 23.1 Å². The molecule has 1 unspecified atom stereocenters. The Morgan fingerprint density at radius 2 is 1.75 bits per heavy atom. The highest BCUT2D eigenvalue weighted by Gasteiger charge is 2.17. The summed E-state index contributed by atoms with van der Waals surface area (Å²) in [6.45, 7) is 4.25. The summed E-state index contributed by atoms with van der Waals surface area (Å²) in [5.74, 6) is 0.632. The van der Waals surface area contributed by atoms with Crippen molar-refractivity contribution < 1.29 is 10.2 Å². The zero-order valence-electron chi connectivity index (χ0n) is 12.2. The topological polar surface area (TPSA) is 40.5 Å². The summed E-state index contributed by atoms with van der Waals surface area (Å²) >= 11 is 0. The molecule has 3 heteroatoms. The minimum atomic E-state index is 0.284. The lowest BCUT2D eigenvalue weighted by Crippen LogP contribution is -2.05. The minimum Gasteiger partial charge on any atom is -0.507 e. The summed E-state index contributed by atoms with van der Waals surface area (Å²) in [4.78, 5) is 0. The molecule has 2 aromatic rings. The Morgan fingerprint density at radius 1 is 1.00 bits per heavy atom. The highest BCUT2D eigenvalue weighted by molar-refractivity contribution is 7.28. The molecule has 1 atom stereocenters. The van der Waals surface area contributed by atoms with Crippen LogP contribution in [0.15, 0.2) is 18.2 Å². The fourth-order valence-corrected chi connectivity index (χ4v) is 3.16. The Balaban J connectivity index is 2.73. The predicted octanol–water partition coefficient (Wildman–Crippen LogP) is 4.05. The average molecular weight is 290 g/mol. The van der Waals surface area contributed by atoms with E-state index in [1.54, 1.807) is 0 Å². The number of rotatable bonds is 5. The van der Waals surface area contributed by atoms with Crippen molar-refractivity contribution in [2.24, 2.45) is 0 Å². The van der Waals surface area contributed by atoms with Gasteiger partial charge in [0, 0.05) is 21.6 Å².